The lowest BCUT2D eigenvalue weighted by molar-refractivity contribution is 0.0664. The summed E-state index contributed by atoms with van der Waals surface area (Å²) in [6.45, 7) is 0.397. The van der Waals surface area contributed by atoms with E-state index in [-0.39, 0.29) is 11.8 Å². The summed E-state index contributed by atoms with van der Waals surface area (Å²) < 4.78 is 5.18. The van der Waals surface area contributed by atoms with Gasteiger partial charge in [-0.1, -0.05) is 18.2 Å². The number of imide groups is 1. The summed E-state index contributed by atoms with van der Waals surface area (Å²) >= 11 is 1.59. The van der Waals surface area contributed by atoms with Crippen LogP contribution in [-0.2, 0) is 0 Å². The summed E-state index contributed by atoms with van der Waals surface area (Å²) in [6.07, 6.45) is 0. The molecule has 5 heteroatoms. The molecule has 0 radical (unpaired) electrons. The molecule has 2 aromatic rings. The summed E-state index contributed by atoms with van der Waals surface area (Å²) in [7, 11) is 1.63. The maximum absolute atomic E-state index is 12.2. The molecule has 1 aliphatic rings. The van der Waals surface area contributed by atoms with Gasteiger partial charge in [0.1, 0.15) is 5.75 Å². The lowest BCUT2D eigenvalue weighted by Gasteiger charge is -2.13. The SMILES string of the molecule is COc1cccc(SCCN2C(=O)c3ccccc3C2=O)c1. The van der Waals surface area contributed by atoms with Crippen LogP contribution in [0.1, 0.15) is 20.7 Å². The van der Waals surface area contributed by atoms with Crippen LogP contribution in [-0.4, -0.2) is 36.1 Å². The highest BCUT2D eigenvalue weighted by Crippen LogP contribution is 2.25. The van der Waals surface area contributed by atoms with Gasteiger partial charge in [-0.25, -0.2) is 0 Å². The standard InChI is InChI=1S/C17H15NO3S/c1-21-12-5-4-6-13(11-12)22-10-9-18-16(19)14-7-2-3-8-15(14)17(18)20/h2-8,11H,9-10H2,1H3. The van der Waals surface area contributed by atoms with Gasteiger partial charge in [-0.3, -0.25) is 14.5 Å². The van der Waals surface area contributed by atoms with Crippen molar-refractivity contribution in [3.63, 3.8) is 0 Å². The predicted molar refractivity (Wildman–Crippen MR) is 85.5 cm³/mol. The Morgan fingerprint density at radius 1 is 1.00 bits per heavy atom. The number of rotatable bonds is 5. The highest BCUT2D eigenvalue weighted by atomic mass is 32.2. The molecule has 22 heavy (non-hydrogen) atoms. The molecular formula is C17H15NO3S. The van der Waals surface area contributed by atoms with E-state index >= 15 is 0 Å². The molecule has 0 saturated carbocycles. The van der Waals surface area contributed by atoms with Crippen molar-refractivity contribution in [3.8, 4) is 5.75 Å². The normalized spacial score (nSPS) is 13.4. The van der Waals surface area contributed by atoms with E-state index in [1.807, 2.05) is 24.3 Å². The van der Waals surface area contributed by atoms with Crippen LogP contribution in [0.15, 0.2) is 53.4 Å². The Kier molecular flexibility index (Phi) is 4.15. The van der Waals surface area contributed by atoms with Crippen molar-refractivity contribution in [2.24, 2.45) is 0 Å². The Hall–Kier alpha value is -2.27. The highest BCUT2D eigenvalue weighted by molar-refractivity contribution is 7.99. The molecule has 0 aliphatic carbocycles. The average Bonchev–Trinajstić information content (AvgIpc) is 2.80. The molecule has 0 saturated heterocycles. The average molecular weight is 313 g/mol. The Labute approximate surface area is 133 Å². The third-order valence-corrected chi connectivity index (χ3v) is 4.48. The van der Waals surface area contributed by atoms with E-state index in [9.17, 15) is 9.59 Å². The molecule has 1 heterocycles. The van der Waals surface area contributed by atoms with E-state index in [2.05, 4.69) is 0 Å². The number of fused-ring (bicyclic) bond motifs is 1. The molecule has 0 bridgehead atoms. The first kappa shape index (κ1) is 14.7. The molecule has 0 atom stereocenters. The second kappa shape index (κ2) is 6.23. The molecule has 2 aromatic carbocycles. The third-order valence-electron chi connectivity index (χ3n) is 3.50. The fourth-order valence-corrected chi connectivity index (χ4v) is 3.27. The van der Waals surface area contributed by atoms with E-state index in [4.69, 9.17) is 4.74 Å². The number of hydrogen-bond acceptors (Lipinski definition) is 4. The Bertz CT molecular complexity index is 694. The fourth-order valence-electron chi connectivity index (χ4n) is 2.39. The van der Waals surface area contributed by atoms with E-state index in [0.29, 0.717) is 23.4 Å². The number of hydrogen-bond donors (Lipinski definition) is 0. The molecule has 0 unspecified atom stereocenters. The van der Waals surface area contributed by atoms with Crippen LogP contribution < -0.4 is 4.74 Å². The molecule has 3 rings (SSSR count). The summed E-state index contributed by atoms with van der Waals surface area (Å²) in [5.74, 6) is 1.04. The minimum absolute atomic E-state index is 0.202. The van der Waals surface area contributed by atoms with Crippen LogP contribution >= 0.6 is 11.8 Å². The van der Waals surface area contributed by atoms with Crippen LogP contribution in [0.4, 0.5) is 0 Å². The van der Waals surface area contributed by atoms with Crippen molar-refractivity contribution < 1.29 is 14.3 Å². The maximum Gasteiger partial charge on any atom is 0.261 e. The summed E-state index contributed by atoms with van der Waals surface area (Å²) in [4.78, 5) is 26.8. The van der Waals surface area contributed by atoms with Crippen molar-refractivity contribution in [1.82, 2.24) is 4.90 Å². The number of amides is 2. The monoisotopic (exact) mass is 313 g/mol. The van der Waals surface area contributed by atoms with Gasteiger partial charge >= 0.3 is 0 Å². The maximum atomic E-state index is 12.2. The van der Waals surface area contributed by atoms with E-state index in [1.165, 1.54) is 4.90 Å². The predicted octanol–water partition coefficient (Wildman–Crippen LogP) is 3.08. The largest absolute Gasteiger partial charge is 0.497 e. The highest BCUT2D eigenvalue weighted by Gasteiger charge is 2.34. The first-order chi connectivity index (χ1) is 10.7. The molecular weight excluding hydrogens is 298 g/mol. The van der Waals surface area contributed by atoms with E-state index in [0.717, 1.165) is 10.6 Å². The van der Waals surface area contributed by atoms with E-state index in [1.54, 1.807) is 43.1 Å². The fraction of sp³-hybridized carbons (Fsp3) is 0.176. The number of methoxy groups -OCH3 is 1. The quantitative estimate of drug-likeness (QED) is 0.628. The summed E-state index contributed by atoms with van der Waals surface area (Å²) in [5.41, 5.74) is 0.998. The molecule has 112 valence electrons. The van der Waals surface area contributed by atoms with Gasteiger partial charge in [0.2, 0.25) is 0 Å². The second-order valence-electron chi connectivity index (χ2n) is 4.83. The zero-order valence-corrected chi connectivity index (χ0v) is 12.9. The van der Waals surface area contributed by atoms with Gasteiger partial charge in [0.25, 0.3) is 11.8 Å². The van der Waals surface area contributed by atoms with Gasteiger partial charge in [-0.15, -0.1) is 11.8 Å². The van der Waals surface area contributed by atoms with Crippen LogP contribution in [0.5, 0.6) is 5.75 Å². The van der Waals surface area contributed by atoms with Crippen molar-refractivity contribution in [3.05, 3.63) is 59.7 Å². The summed E-state index contributed by atoms with van der Waals surface area (Å²) in [6, 6.07) is 14.7. The van der Waals surface area contributed by atoms with Gasteiger partial charge in [-0.05, 0) is 30.3 Å². The molecule has 4 nitrogen and oxygen atoms in total. The lowest BCUT2D eigenvalue weighted by Crippen LogP contribution is -2.31. The van der Waals surface area contributed by atoms with Crippen molar-refractivity contribution in [1.29, 1.82) is 0 Å². The van der Waals surface area contributed by atoms with Crippen molar-refractivity contribution >= 4 is 23.6 Å². The molecule has 0 spiro atoms. The lowest BCUT2D eigenvalue weighted by atomic mass is 10.1. The van der Waals surface area contributed by atoms with Gasteiger partial charge in [0, 0.05) is 17.2 Å². The molecule has 1 aliphatic heterocycles. The molecule has 0 N–H and O–H groups in total. The van der Waals surface area contributed by atoms with Crippen molar-refractivity contribution in [2.75, 3.05) is 19.4 Å². The first-order valence-corrected chi connectivity index (χ1v) is 7.91. The number of carbonyl (C=O) groups excluding carboxylic acids is 2. The third kappa shape index (κ3) is 2.72. The Balaban J connectivity index is 1.63. The van der Waals surface area contributed by atoms with E-state index < -0.39 is 0 Å². The van der Waals surface area contributed by atoms with Crippen LogP contribution in [0.3, 0.4) is 0 Å². The van der Waals surface area contributed by atoms with Crippen molar-refractivity contribution in [2.45, 2.75) is 4.90 Å². The number of nitrogens with zero attached hydrogens (tertiary/aromatic N) is 1. The first-order valence-electron chi connectivity index (χ1n) is 6.93. The number of ether oxygens (including phenoxy) is 1. The van der Waals surface area contributed by atoms with Crippen LogP contribution in [0.25, 0.3) is 0 Å². The van der Waals surface area contributed by atoms with Gasteiger partial charge in [-0.2, -0.15) is 0 Å². The van der Waals surface area contributed by atoms with Gasteiger partial charge in [0.15, 0.2) is 0 Å². The molecule has 0 aromatic heterocycles. The topological polar surface area (TPSA) is 46.6 Å². The van der Waals surface area contributed by atoms with Gasteiger partial charge < -0.3 is 4.74 Å². The summed E-state index contributed by atoms with van der Waals surface area (Å²) in [5, 5.41) is 0. The minimum atomic E-state index is -0.202. The zero-order valence-electron chi connectivity index (χ0n) is 12.1. The number of carbonyl (C=O) groups is 2. The number of benzene rings is 2. The zero-order chi connectivity index (χ0) is 15.5. The van der Waals surface area contributed by atoms with Crippen LogP contribution in [0.2, 0.25) is 0 Å². The minimum Gasteiger partial charge on any atom is -0.497 e. The Morgan fingerprint density at radius 2 is 1.68 bits per heavy atom. The Morgan fingerprint density at radius 3 is 2.32 bits per heavy atom. The van der Waals surface area contributed by atoms with Gasteiger partial charge in [0.05, 0.1) is 18.2 Å². The smallest absolute Gasteiger partial charge is 0.261 e. The number of thioether (sulfide) groups is 1. The molecule has 2 amide bonds. The van der Waals surface area contributed by atoms with Crippen LogP contribution in [0, 0.1) is 0 Å². The molecule has 0 fully saturated rings. The second-order valence-corrected chi connectivity index (χ2v) is 6.00.